The zero-order valence-corrected chi connectivity index (χ0v) is 11.2. The highest BCUT2D eigenvalue weighted by Crippen LogP contribution is 2.28. The fourth-order valence-corrected chi connectivity index (χ4v) is 3.23. The molecule has 0 unspecified atom stereocenters. The van der Waals surface area contributed by atoms with E-state index in [-0.39, 0.29) is 17.1 Å². The number of benzene rings is 1. The molecule has 0 saturated heterocycles. The zero-order chi connectivity index (χ0) is 12.4. The van der Waals surface area contributed by atoms with Crippen molar-refractivity contribution in [2.75, 3.05) is 5.75 Å². The van der Waals surface area contributed by atoms with Crippen molar-refractivity contribution in [2.24, 2.45) is 11.3 Å². The molecule has 1 rings (SSSR count). The van der Waals surface area contributed by atoms with Gasteiger partial charge in [0.25, 0.3) is 0 Å². The Bertz CT molecular complexity index is 427. The summed E-state index contributed by atoms with van der Waals surface area (Å²) in [6.45, 7) is 8.19. The Kier molecular flexibility index (Phi) is 3.79. The zero-order valence-electron chi connectivity index (χ0n) is 10.4. The lowest BCUT2D eigenvalue weighted by Gasteiger charge is -2.26. The molecular weight excluding hydrogens is 220 g/mol. The maximum Gasteiger partial charge on any atom is 0.178 e. The third kappa shape index (κ3) is 3.34. The van der Waals surface area contributed by atoms with Crippen LogP contribution in [0.25, 0.3) is 0 Å². The second-order valence-corrected chi connectivity index (χ2v) is 7.40. The van der Waals surface area contributed by atoms with Crippen molar-refractivity contribution in [1.82, 2.24) is 0 Å². The smallest absolute Gasteiger partial charge is 0.178 e. The highest BCUT2D eigenvalue weighted by molar-refractivity contribution is 7.91. The lowest BCUT2D eigenvalue weighted by molar-refractivity contribution is 0.285. The molecule has 16 heavy (non-hydrogen) atoms. The van der Waals surface area contributed by atoms with E-state index in [0.717, 1.165) is 0 Å². The fraction of sp³-hybridized carbons (Fsp3) is 0.538. The van der Waals surface area contributed by atoms with Gasteiger partial charge in [0.15, 0.2) is 9.84 Å². The van der Waals surface area contributed by atoms with E-state index in [1.807, 2.05) is 13.0 Å². The highest BCUT2D eigenvalue weighted by atomic mass is 32.2. The minimum atomic E-state index is -3.14. The van der Waals surface area contributed by atoms with Crippen LogP contribution >= 0.6 is 0 Å². The Morgan fingerprint density at radius 2 is 1.62 bits per heavy atom. The van der Waals surface area contributed by atoms with E-state index < -0.39 is 9.84 Å². The number of hydrogen-bond donors (Lipinski definition) is 0. The molecule has 0 N–H and O–H groups in total. The van der Waals surface area contributed by atoms with Gasteiger partial charge in [0.05, 0.1) is 10.6 Å². The third-order valence-electron chi connectivity index (χ3n) is 3.05. The van der Waals surface area contributed by atoms with E-state index in [4.69, 9.17) is 0 Å². The van der Waals surface area contributed by atoms with Gasteiger partial charge in [0.2, 0.25) is 0 Å². The maximum atomic E-state index is 12.1. The minimum absolute atomic E-state index is 0.0157. The van der Waals surface area contributed by atoms with Gasteiger partial charge in [-0.25, -0.2) is 8.42 Å². The average molecular weight is 240 g/mol. The van der Waals surface area contributed by atoms with Crippen LogP contribution in [-0.4, -0.2) is 14.2 Å². The summed E-state index contributed by atoms with van der Waals surface area (Å²) in [6.07, 6.45) is 0. The molecule has 0 radical (unpaired) electrons. The van der Waals surface area contributed by atoms with E-state index >= 15 is 0 Å². The van der Waals surface area contributed by atoms with Crippen LogP contribution in [-0.2, 0) is 9.84 Å². The Morgan fingerprint density at radius 1 is 1.12 bits per heavy atom. The van der Waals surface area contributed by atoms with E-state index in [1.54, 1.807) is 24.3 Å². The summed E-state index contributed by atoms with van der Waals surface area (Å²) in [5.74, 6) is 0.346. The van der Waals surface area contributed by atoms with Gasteiger partial charge in [-0.2, -0.15) is 0 Å². The molecular formula is C13H20O2S. The van der Waals surface area contributed by atoms with Crippen molar-refractivity contribution in [3.63, 3.8) is 0 Å². The SMILES string of the molecule is C[C@H](CS(=O)(=O)c1ccccc1)C(C)(C)C. The third-order valence-corrected chi connectivity index (χ3v) is 4.98. The molecule has 0 aliphatic carbocycles. The van der Waals surface area contributed by atoms with E-state index in [9.17, 15) is 8.42 Å². The summed E-state index contributed by atoms with van der Waals surface area (Å²) in [5.41, 5.74) is 0.0157. The van der Waals surface area contributed by atoms with Crippen molar-refractivity contribution in [3.8, 4) is 0 Å². The summed E-state index contributed by atoms with van der Waals surface area (Å²) >= 11 is 0. The highest BCUT2D eigenvalue weighted by Gasteiger charge is 2.26. The van der Waals surface area contributed by atoms with Crippen molar-refractivity contribution in [1.29, 1.82) is 0 Å². The largest absolute Gasteiger partial charge is 0.224 e. The Hall–Kier alpha value is -0.830. The van der Waals surface area contributed by atoms with Crippen LogP contribution in [0.15, 0.2) is 35.2 Å². The summed E-state index contributed by atoms with van der Waals surface area (Å²) in [4.78, 5) is 0.422. The molecule has 2 nitrogen and oxygen atoms in total. The van der Waals surface area contributed by atoms with Gasteiger partial charge < -0.3 is 0 Å². The molecule has 0 heterocycles. The van der Waals surface area contributed by atoms with Crippen LogP contribution in [0.3, 0.4) is 0 Å². The van der Waals surface area contributed by atoms with E-state index in [2.05, 4.69) is 20.8 Å². The lowest BCUT2D eigenvalue weighted by atomic mass is 9.83. The summed E-state index contributed by atoms with van der Waals surface area (Å²) in [5, 5.41) is 0. The van der Waals surface area contributed by atoms with Crippen LogP contribution < -0.4 is 0 Å². The second-order valence-electron chi connectivity index (χ2n) is 5.36. The lowest BCUT2D eigenvalue weighted by Crippen LogP contribution is -2.25. The van der Waals surface area contributed by atoms with Crippen LogP contribution in [0.2, 0.25) is 0 Å². The van der Waals surface area contributed by atoms with Crippen molar-refractivity contribution < 1.29 is 8.42 Å². The van der Waals surface area contributed by atoms with Gasteiger partial charge in [0, 0.05) is 0 Å². The minimum Gasteiger partial charge on any atom is -0.224 e. The first kappa shape index (κ1) is 13.2. The molecule has 3 heteroatoms. The quantitative estimate of drug-likeness (QED) is 0.813. The molecule has 1 aromatic carbocycles. The van der Waals surface area contributed by atoms with Gasteiger partial charge >= 0.3 is 0 Å². The molecule has 0 aliphatic heterocycles. The summed E-state index contributed by atoms with van der Waals surface area (Å²) in [6, 6.07) is 8.66. The molecule has 0 spiro atoms. The molecule has 0 saturated carbocycles. The summed E-state index contributed by atoms with van der Waals surface area (Å²) in [7, 11) is -3.14. The Morgan fingerprint density at radius 3 is 2.06 bits per heavy atom. The van der Waals surface area contributed by atoms with Crippen molar-refractivity contribution in [3.05, 3.63) is 30.3 Å². The number of rotatable bonds is 3. The normalized spacial score (nSPS) is 14.8. The molecule has 90 valence electrons. The number of sulfone groups is 1. The predicted molar refractivity (Wildman–Crippen MR) is 67.1 cm³/mol. The van der Waals surface area contributed by atoms with Gasteiger partial charge in [-0.3, -0.25) is 0 Å². The first-order valence-electron chi connectivity index (χ1n) is 5.51. The van der Waals surface area contributed by atoms with Crippen LogP contribution in [0.1, 0.15) is 27.7 Å². The van der Waals surface area contributed by atoms with Gasteiger partial charge in [0.1, 0.15) is 0 Å². The van der Waals surface area contributed by atoms with Gasteiger partial charge in [-0.05, 0) is 23.5 Å². The molecule has 0 amide bonds. The monoisotopic (exact) mass is 240 g/mol. The van der Waals surface area contributed by atoms with E-state index in [0.29, 0.717) is 4.90 Å². The fourth-order valence-electron chi connectivity index (χ4n) is 1.30. The summed E-state index contributed by atoms with van der Waals surface area (Å²) < 4.78 is 24.2. The van der Waals surface area contributed by atoms with Gasteiger partial charge in [-0.15, -0.1) is 0 Å². The second kappa shape index (κ2) is 4.58. The maximum absolute atomic E-state index is 12.1. The van der Waals surface area contributed by atoms with E-state index in [1.165, 1.54) is 0 Å². The first-order valence-corrected chi connectivity index (χ1v) is 7.16. The molecule has 1 aromatic rings. The first-order chi connectivity index (χ1) is 7.23. The topological polar surface area (TPSA) is 34.1 Å². The van der Waals surface area contributed by atoms with Crippen LogP contribution in [0.5, 0.6) is 0 Å². The number of hydrogen-bond acceptors (Lipinski definition) is 2. The Balaban J connectivity index is 2.90. The van der Waals surface area contributed by atoms with Crippen molar-refractivity contribution >= 4 is 9.84 Å². The van der Waals surface area contributed by atoms with Crippen LogP contribution in [0.4, 0.5) is 0 Å². The molecule has 0 aromatic heterocycles. The molecule has 1 atom stereocenters. The standard InChI is InChI=1S/C13H20O2S/c1-11(13(2,3)4)10-16(14,15)12-8-6-5-7-9-12/h5-9,11H,10H2,1-4H3/t11-/m1/s1. The predicted octanol–water partition coefficient (Wildman–Crippen LogP) is 3.14. The van der Waals surface area contributed by atoms with Crippen LogP contribution in [0, 0.1) is 11.3 Å². The molecule has 0 fully saturated rings. The van der Waals surface area contributed by atoms with Gasteiger partial charge in [-0.1, -0.05) is 45.9 Å². The molecule has 0 aliphatic rings. The molecule has 0 bridgehead atoms. The Labute approximate surface area is 98.6 Å². The average Bonchev–Trinajstić information content (AvgIpc) is 2.17. The van der Waals surface area contributed by atoms with Crippen molar-refractivity contribution in [2.45, 2.75) is 32.6 Å².